The zero-order valence-corrected chi connectivity index (χ0v) is 10.4. The third-order valence-electron chi connectivity index (χ3n) is 2.08. The van der Waals surface area contributed by atoms with Crippen LogP contribution in [0, 0.1) is 5.82 Å². The Morgan fingerprint density at radius 2 is 1.93 bits per heavy atom. The van der Waals surface area contributed by atoms with Crippen LogP contribution in [-0.4, -0.2) is 28.9 Å². The monoisotopic (exact) mass is 275 g/mol. The molecular weight excluding hydrogens is 261 g/mol. The Balaban J connectivity index is 2.33. The van der Waals surface area contributed by atoms with Gasteiger partial charge in [0.15, 0.2) is 5.82 Å². The summed E-state index contributed by atoms with van der Waals surface area (Å²) in [5, 5.41) is 1.05. The minimum Gasteiger partial charge on any atom is -0.344 e. The second-order valence-corrected chi connectivity index (χ2v) is 4.17. The van der Waals surface area contributed by atoms with Crippen LogP contribution in [0.15, 0.2) is 12.4 Å². The fourth-order valence-corrected chi connectivity index (χ4v) is 1.62. The van der Waals surface area contributed by atoms with Crippen molar-refractivity contribution in [2.45, 2.75) is 19.3 Å². The van der Waals surface area contributed by atoms with Gasteiger partial charge in [0.1, 0.15) is 0 Å². The van der Waals surface area contributed by atoms with Crippen molar-refractivity contribution in [1.29, 1.82) is 0 Å². The summed E-state index contributed by atoms with van der Waals surface area (Å²) in [6.45, 7) is 0.901. The lowest BCUT2D eigenvalue weighted by Gasteiger charge is -2.16. The number of hydrogen-bond donors (Lipinski definition) is 0. The van der Waals surface area contributed by atoms with Crippen LogP contribution in [0.2, 0.25) is 0 Å². The van der Waals surface area contributed by atoms with E-state index in [1.54, 1.807) is 0 Å². The molecule has 1 aromatic rings. The number of alkyl halides is 1. The van der Waals surface area contributed by atoms with Crippen LogP contribution in [0.25, 0.3) is 0 Å². The average Bonchev–Trinajstić information content (AvgIpc) is 2.25. The van der Waals surface area contributed by atoms with E-state index >= 15 is 0 Å². The van der Waals surface area contributed by atoms with E-state index in [-0.39, 0.29) is 0 Å². The first kappa shape index (κ1) is 12.4. The molecule has 1 heterocycles. The number of halogens is 2. The molecule has 0 aromatic carbocycles. The normalized spacial score (nSPS) is 10.3. The molecule has 0 aliphatic carbocycles. The molecule has 5 heteroatoms. The van der Waals surface area contributed by atoms with Gasteiger partial charge in [-0.2, -0.15) is 0 Å². The van der Waals surface area contributed by atoms with Gasteiger partial charge in [0.05, 0.1) is 12.4 Å². The van der Waals surface area contributed by atoms with Gasteiger partial charge >= 0.3 is 0 Å². The largest absolute Gasteiger partial charge is 0.344 e. The first-order valence-corrected chi connectivity index (χ1v) is 6.11. The predicted molar refractivity (Wildman–Crippen MR) is 62.9 cm³/mol. The van der Waals surface area contributed by atoms with Gasteiger partial charge in [0.2, 0.25) is 5.95 Å². The second kappa shape index (κ2) is 6.71. The lowest BCUT2D eigenvalue weighted by Crippen LogP contribution is -2.20. The Bertz CT molecular complexity index is 279. The number of nitrogens with zero attached hydrogens (tertiary/aromatic N) is 3. The first-order chi connectivity index (χ1) is 7.24. The lowest BCUT2D eigenvalue weighted by molar-refractivity contribution is 0.611. The molecule has 0 atom stereocenters. The van der Waals surface area contributed by atoms with Crippen molar-refractivity contribution in [1.82, 2.24) is 9.97 Å². The SMILES string of the molecule is CN(CCCCCBr)c1ncc(F)cn1. The van der Waals surface area contributed by atoms with Crippen LogP contribution >= 0.6 is 15.9 Å². The molecule has 0 aliphatic heterocycles. The highest BCUT2D eigenvalue weighted by molar-refractivity contribution is 9.09. The van der Waals surface area contributed by atoms with Crippen LogP contribution in [0.5, 0.6) is 0 Å². The second-order valence-electron chi connectivity index (χ2n) is 3.37. The number of unbranched alkanes of at least 4 members (excludes halogenated alkanes) is 2. The Kier molecular flexibility index (Phi) is 5.53. The maximum atomic E-state index is 12.6. The summed E-state index contributed by atoms with van der Waals surface area (Å²) in [6.07, 6.45) is 5.84. The van der Waals surface area contributed by atoms with Gasteiger partial charge in [-0.3, -0.25) is 0 Å². The zero-order valence-electron chi connectivity index (χ0n) is 8.79. The number of anilines is 1. The zero-order chi connectivity index (χ0) is 11.1. The molecule has 0 bridgehead atoms. The Labute approximate surface area is 97.9 Å². The number of aromatic nitrogens is 2. The smallest absolute Gasteiger partial charge is 0.225 e. The van der Waals surface area contributed by atoms with Crippen molar-refractivity contribution in [2.75, 3.05) is 23.8 Å². The van der Waals surface area contributed by atoms with Gasteiger partial charge in [0, 0.05) is 18.9 Å². The van der Waals surface area contributed by atoms with Crippen LogP contribution in [0.4, 0.5) is 10.3 Å². The van der Waals surface area contributed by atoms with Crippen LogP contribution in [0.1, 0.15) is 19.3 Å². The summed E-state index contributed by atoms with van der Waals surface area (Å²) in [7, 11) is 1.92. The molecule has 3 nitrogen and oxygen atoms in total. The van der Waals surface area contributed by atoms with Gasteiger partial charge in [-0.05, 0) is 12.8 Å². The maximum Gasteiger partial charge on any atom is 0.225 e. The Morgan fingerprint density at radius 1 is 1.27 bits per heavy atom. The quantitative estimate of drug-likeness (QED) is 0.590. The van der Waals surface area contributed by atoms with Crippen LogP contribution in [0.3, 0.4) is 0 Å². The Hall–Kier alpha value is -0.710. The molecule has 0 radical (unpaired) electrons. The molecule has 0 aliphatic rings. The number of rotatable bonds is 6. The van der Waals surface area contributed by atoms with Crippen LogP contribution in [-0.2, 0) is 0 Å². The molecule has 15 heavy (non-hydrogen) atoms. The summed E-state index contributed by atoms with van der Waals surface area (Å²) in [6, 6.07) is 0. The van der Waals surface area contributed by atoms with E-state index < -0.39 is 5.82 Å². The van der Waals surface area contributed by atoms with Crippen LogP contribution < -0.4 is 4.90 Å². The van der Waals surface area contributed by atoms with Gasteiger partial charge in [-0.25, -0.2) is 14.4 Å². The third kappa shape index (κ3) is 4.55. The van der Waals surface area contributed by atoms with Gasteiger partial charge in [-0.1, -0.05) is 22.4 Å². The minimum absolute atomic E-state index is 0.397. The minimum atomic E-state index is -0.397. The van der Waals surface area contributed by atoms with Gasteiger partial charge < -0.3 is 4.90 Å². The lowest BCUT2D eigenvalue weighted by atomic mass is 10.2. The fourth-order valence-electron chi connectivity index (χ4n) is 1.22. The molecule has 0 spiro atoms. The summed E-state index contributed by atoms with van der Waals surface area (Å²) in [4.78, 5) is 9.75. The summed E-state index contributed by atoms with van der Waals surface area (Å²) < 4.78 is 12.6. The first-order valence-electron chi connectivity index (χ1n) is 4.98. The molecule has 1 rings (SSSR count). The van der Waals surface area contributed by atoms with Crippen molar-refractivity contribution in [3.8, 4) is 0 Å². The van der Waals surface area contributed by atoms with E-state index in [0.717, 1.165) is 18.3 Å². The molecule has 0 N–H and O–H groups in total. The molecule has 1 aromatic heterocycles. The molecule has 0 unspecified atom stereocenters. The Morgan fingerprint density at radius 3 is 2.53 bits per heavy atom. The van der Waals surface area contributed by atoms with Crippen molar-refractivity contribution in [3.63, 3.8) is 0 Å². The molecule has 0 amide bonds. The van der Waals surface area contributed by atoms with Crippen molar-refractivity contribution < 1.29 is 4.39 Å². The molecule has 0 saturated carbocycles. The van der Waals surface area contributed by atoms with Crippen molar-refractivity contribution >= 4 is 21.9 Å². The van der Waals surface area contributed by atoms with E-state index in [1.807, 2.05) is 11.9 Å². The van der Waals surface area contributed by atoms with E-state index in [0.29, 0.717) is 5.95 Å². The molecular formula is C10H15BrFN3. The summed E-state index contributed by atoms with van der Waals surface area (Å²) in [5.41, 5.74) is 0. The third-order valence-corrected chi connectivity index (χ3v) is 2.64. The highest BCUT2D eigenvalue weighted by Crippen LogP contribution is 2.06. The van der Waals surface area contributed by atoms with E-state index in [2.05, 4.69) is 25.9 Å². The van der Waals surface area contributed by atoms with Crippen molar-refractivity contribution in [2.24, 2.45) is 0 Å². The van der Waals surface area contributed by atoms with E-state index in [9.17, 15) is 4.39 Å². The number of hydrogen-bond acceptors (Lipinski definition) is 3. The average molecular weight is 276 g/mol. The standard InChI is InChI=1S/C10H15BrFN3/c1-15(6-4-2-3-5-11)10-13-7-9(12)8-14-10/h7-8H,2-6H2,1H3. The fraction of sp³-hybridized carbons (Fsp3) is 0.600. The molecule has 0 saturated heterocycles. The summed E-state index contributed by atoms with van der Waals surface area (Å²) in [5.74, 6) is 0.182. The van der Waals surface area contributed by atoms with Gasteiger partial charge in [-0.15, -0.1) is 0 Å². The van der Waals surface area contributed by atoms with Crippen molar-refractivity contribution in [3.05, 3.63) is 18.2 Å². The molecule has 0 fully saturated rings. The maximum absolute atomic E-state index is 12.6. The summed E-state index contributed by atoms with van der Waals surface area (Å²) >= 11 is 3.39. The molecule has 84 valence electrons. The highest BCUT2D eigenvalue weighted by atomic mass is 79.9. The predicted octanol–water partition coefficient (Wildman–Crippen LogP) is 2.62. The van der Waals surface area contributed by atoms with E-state index in [4.69, 9.17) is 0 Å². The van der Waals surface area contributed by atoms with E-state index in [1.165, 1.54) is 25.2 Å². The van der Waals surface area contributed by atoms with Gasteiger partial charge in [0.25, 0.3) is 0 Å². The topological polar surface area (TPSA) is 29.0 Å². The highest BCUT2D eigenvalue weighted by Gasteiger charge is 2.03.